The van der Waals surface area contributed by atoms with Crippen molar-refractivity contribution in [1.29, 1.82) is 0 Å². The molecule has 0 aliphatic rings. The molecule has 0 radical (unpaired) electrons. The fourth-order valence-electron chi connectivity index (χ4n) is 1.73. The largest absolute Gasteiger partial charge is 0.481 e. The quantitative estimate of drug-likeness (QED) is 0.924. The van der Waals surface area contributed by atoms with E-state index < -0.39 is 11.5 Å². The number of hydrogen-bond donors (Lipinski definition) is 1. The van der Waals surface area contributed by atoms with Gasteiger partial charge in [0.1, 0.15) is 0 Å². The third-order valence-electron chi connectivity index (χ3n) is 2.71. The molecule has 0 heterocycles. The summed E-state index contributed by atoms with van der Waals surface area (Å²) in [6.07, 6.45) is -0.0620. The molecule has 1 aromatic rings. The summed E-state index contributed by atoms with van der Waals surface area (Å²) >= 11 is 3.35. The highest BCUT2D eigenvalue weighted by molar-refractivity contribution is 9.10. The predicted octanol–water partition coefficient (Wildman–Crippen LogP) is 3.16. The lowest BCUT2D eigenvalue weighted by Crippen LogP contribution is -2.46. The Balaban J connectivity index is 3.02. The number of hydrogen-bond acceptors (Lipinski definition) is 2. The van der Waals surface area contributed by atoms with Gasteiger partial charge in [0.15, 0.2) is 0 Å². The van der Waals surface area contributed by atoms with Crippen LogP contribution in [0.15, 0.2) is 28.7 Å². The van der Waals surface area contributed by atoms with Gasteiger partial charge in [0.05, 0.1) is 12.0 Å². The molecule has 4 nitrogen and oxygen atoms in total. The van der Waals surface area contributed by atoms with Gasteiger partial charge < -0.3 is 10.0 Å². The number of aliphatic carboxylic acids is 1. The Morgan fingerprint density at radius 2 is 1.84 bits per heavy atom. The Bertz CT molecular complexity index is 480. The Hall–Kier alpha value is -1.36. The molecule has 0 atom stereocenters. The molecule has 0 saturated carbocycles. The van der Waals surface area contributed by atoms with E-state index in [4.69, 9.17) is 5.11 Å². The molecule has 0 bridgehead atoms. The van der Waals surface area contributed by atoms with Gasteiger partial charge >= 0.3 is 5.97 Å². The monoisotopic (exact) mass is 327 g/mol. The molecule has 0 unspecified atom stereocenters. The summed E-state index contributed by atoms with van der Waals surface area (Å²) in [6.45, 7) is 5.87. The Labute approximate surface area is 121 Å². The minimum atomic E-state index is -0.908. The van der Waals surface area contributed by atoms with Crippen molar-refractivity contribution in [3.8, 4) is 0 Å². The molecular formula is C14H18BrNO3. The SMILES string of the molecule is CC(C)(C)N(CCC(=O)O)C(=O)c1ccccc1Br. The van der Waals surface area contributed by atoms with Crippen LogP contribution in [-0.4, -0.2) is 34.0 Å². The van der Waals surface area contributed by atoms with Crippen LogP contribution in [0.25, 0.3) is 0 Å². The summed E-state index contributed by atoms with van der Waals surface area (Å²) in [5, 5.41) is 8.79. The zero-order valence-electron chi connectivity index (χ0n) is 11.3. The fraction of sp³-hybridized carbons (Fsp3) is 0.429. The number of carboxylic acid groups (broad SMARTS) is 1. The Morgan fingerprint density at radius 1 is 1.26 bits per heavy atom. The highest BCUT2D eigenvalue weighted by atomic mass is 79.9. The van der Waals surface area contributed by atoms with Gasteiger partial charge in [-0.1, -0.05) is 12.1 Å². The Kier molecular flexibility index (Phi) is 5.11. The van der Waals surface area contributed by atoms with Crippen molar-refractivity contribution in [2.24, 2.45) is 0 Å². The molecule has 0 aromatic heterocycles. The van der Waals surface area contributed by atoms with Crippen molar-refractivity contribution in [3.05, 3.63) is 34.3 Å². The number of benzene rings is 1. The summed E-state index contributed by atoms with van der Waals surface area (Å²) < 4.78 is 0.713. The van der Waals surface area contributed by atoms with E-state index in [-0.39, 0.29) is 18.9 Å². The van der Waals surface area contributed by atoms with Gasteiger partial charge in [0.2, 0.25) is 0 Å². The van der Waals surface area contributed by atoms with Crippen LogP contribution < -0.4 is 0 Å². The van der Waals surface area contributed by atoms with Gasteiger partial charge in [0, 0.05) is 16.6 Å². The second-order valence-corrected chi connectivity index (χ2v) is 6.11. The number of carbonyl (C=O) groups excluding carboxylic acids is 1. The number of carbonyl (C=O) groups is 2. The van der Waals surface area contributed by atoms with Crippen LogP contribution in [0.5, 0.6) is 0 Å². The van der Waals surface area contributed by atoms with Gasteiger partial charge in [-0.25, -0.2) is 0 Å². The minimum absolute atomic E-state index is 0.0620. The van der Waals surface area contributed by atoms with Crippen molar-refractivity contribution in [3.63, 3.8) is 0 Å². The summed E-state index contributed by atoms with van der Waals surface area (Å²) in [6, 6.07) is 7.15. The maximum absolute atomic E-state index is 12.5. The van der Waals surface area contributed by atoms with Crippen LogP contribution in [0.4, 0.5) is 0 Å². The molecule has 104 valence electrons. The van der Waals surface area contributed by atoms with Gasteiger partial charge in [-0.2, -0.15) is 0 Å². The number of nitrogens with zero attached hydrogens (tertiary/aromatic N) is 1. The number of halogens is 1. The zero-order valence-corrected chi connectivity index (χ0v) is 12.9. The second kappa shape index (κ2) is 6.19. The summed E-state index contributed by atoms with van der Waals surface area (Å²) in [7, 11) is 0. The maximum atomic E-state index is 12.5. The van der Waals surface area contributed by atoms with Crippen molar-refractivity contribution in [2.75, 3.05) is 6.54 Å². The first-order chi connectivity index (χ1) is 8.73. The van der Waals surface area contributed by atoms with E-state index in [0.29, 0.717) is 10.0 Å². The topological polar surface area (TPSA) is 57.6 Å². The number of amides is 1. The first kappa shape index (κ1) is 15.7. The molecule has 19 heavy (non-hydrogen) atoms. The van der Waals surface area contributed by atoms with E-state index in [0.717, 1.165) is 0 Å². The van der Waals surface area contributed by atoms with Crippen LogP contribution in [0.2, 0.25) is 0 Å². The molecular weight excluding hydrogens is 310 g/mol. The van der Waals surface area contributed by atoms with Crippen molar-refractivity contribution >= 4 is 27.8 Å². The van der Waals surface area contributed by atoms with E-state index in [9.17, 15) is 9.59 Å². The third-order valence-corrected chi connectivity index (χ3v) is 3.40. The van der Waals surface area contributed by atoms with Crippen LogP contribution in [0.3, 0.4) is 0 Å². The average molecular weight is 328 g/mol. The third kappa shape index (κ3) is 4.35. The highest BCUT2D eigenvalue weighted by Gasteiger charge is 2.28. The van der Waals surface area contributed by atoms with Crippen molar-refractivity contribution < 1.29 is 14.7 Å². The smallest absolute Gasteiger partial charge is 0.305 e. The normalized spacial score (nSPS) is 11.2. The standard InChI is InChI=1S/C14H18BrNO3/c1-14(2,3)16(9-8-12(17)18)13(19)10-6-4-5-7-11(10)15/h4-7H,8-9H2,1-3H3,(H,17,18). The average Bonchev–Trinajstić information content (AvgIpc) is 2.27. The maximum Gasteiger partial charge on any atom is 0.305 e. The predicted molar refractivity (Wildman–Crippen MR) is 77.2 cm³/mol. The minimum Gasteiger partial charge on any atom is -0.481 e. The lowest BCUT2D eigenvalue weighted by molar-refractivity contribution is -0.137. The van der Waals surface area contributed by atoms with Crippen molar-refractivity contribution in [2.45, 2.75) is 32.7 Å². The number of rotatable bonds is 4. The lowest BCUT2D eigenvalue weighted by atomic mass is 10.0. The lowest BCUT2D eigenvalue weighted by Gasteiger charge is -2.35. The molecule has 0 fully saturated rings. The second-order valence-electron chi connectivity index (χ2n) is 5.25. The molecule has 1 N–H and O–H groups in total. The summed E-state index contributed by atoms with van der Waals surface area (Å²) in [5.74, 6) is -1.07. The van der Waals surface area contributed by atoms with E-state index in [1.54, 1.807) is 23.1 Å². The zero-order chi connectivity index (χ0) is 14.6. The van der Waals surface area contributed by atoms with Gasteiger partial charge in [0.25, 0.3) is 5.91 Å². The van der Waals surface area contributed by atoms with Crippen LogP contribution in [0.1, 0.15) is 37.6 Å². The molecule has 1 aromatic carbocycles. The van der Waals surface area contributed by atoms with E-state index in [1.165, 1.54) is 0 Å². The first-order valence-electron chi connectivity index (χ1n) is 6.02. The fourth-order valence-corrected chi connectivity index (χ4v) is 2.18. The van der Waals surface area contributed by atoms with E-state index in [1.807, 2.05) is 26.8 Å². The van der Waals surface area contributed by atoms with E-state index in [2.05, 4.69) is 15.9 Å². The Morgan fingerprint density at radius 3 is 2.32 bits per heavy atom. The molecule has 0 spiro atoms. The van der Waals surface area contributed by atoms with Gasteiger partial charge in [-0.05, 0) is 48.8 Å². The molecule has 0 saturated heterocycles. The molecule has 1 amide bonds. The summed E-state index contributed by atoms with van der Waals surface area (Å²) in [4.78, 5) is 24.8. The molecule has 0 aliphatic carbocycles. The highest BCUT2D eigenvalue weighted by Crippen LogP contribution is 2.22. The van der Waals surface area contributed by atoms with Gasteiger partial charge in [-0.3, -0.25) is 9.59 Å². The molecule has 0 aliphatic heterocycles. The van der Waals surface area contributed by atoms with Crippen LogP contribution in [0, 0.1) is 0 Å². The molecule has 1 rings (SSSR count). The first-order valence-corrected chi connectivity index (χ1v) is 6.81. The van der Waals surface area contributed by atoms with Crippen LogP contribution >= 0.6 is 15.9 Å². The number of carboxylic acids is 1. The van der Waals surface area contributed by atoms with Crippen molar-refractivity contribution in [1.82, 2.24) is 4.90 Å². The van der Waals surface area contributed by atoms with E-state index >= 15 is 0 Å². The van der Waals surface area contributed by atoms with Crippen LogP contribution in [-0.2, 0) is 4.79 Å². The van der Waals surface area contributed by atoms with Gasteiger partial charge in [-0.15, -0.1) is 0 Å². The summed E-state index contributed by atoms with van der Waals surface area (Å²) in [5.41, 5.74) is 0.116. The molecule has 5 heteroatoms.